The van der Waals surface area contributed by atoms with Crippen LogP contribution in [0.25, 0.3) is 0 Å². The molecule has 18 heavy (non-hydrogen) atoms. The number of rotatable bonds is 5. The molecule has 102 valence electrons. The normalized spacial score (nSPS) is 12.4. The zero-order valence-corrected chi connectivity index (χ0v) is 12.4. The summed E-state index contributed by atoms with van der Waals surface area (Å²) in [6.45, 7) is 7.50. The highest BCUT2D eigenvalue weighted by atomic mass is 32.2. The topological polar surface area (TPSA) is 46.6 Å². The average Bonchev–Trinajstić information content (AvgIpc) is 2.27. The van der Waals surface area contributed by atoms with Gasteiger partial charge in [0.25, 0.3) is 0 Å². The van der Waals surface area contributed by atoms with Crippen molar-refractivity contribution >= 4 is 10.0 Å². The summed E-state index contributed by atoms with van der Waals surface area (Å²) in [5, 5.41) is 0. The average molecular weight is 271 g/mol. The molecule has 0 atom stereocenters. The first-order chi connectivity index (χ1) is 8.30. The third kappa shape index (κ3) is 3.03. The molecule has 1 aromatic carbocycles. The van der Waals surface area contributed by atoms with E-state index in [0.717, 1.165) is 0 Å². The lowest BCUT2D eigenvalue weighted by Gasteiger charge is -2.29. The maximum atomic E-state index is 12.5. The lowest BCUT2D eigenvalue weighted by molar-refractivity contribution is 0.302. The van der Waals surface area contributed by atoms with Crippen molar-refractivity contribution in [3.8, 4) is 5.75 Å². The fourth-order valence-corrected chi connectivity index (χ4v) is 3.85. The van der Waals surface area contributed by atoms with Crippen molar-refractivity contribution in [3.05, 3.63) is 24.3 Å². The summed E-state index contributed by atoms with van der Waals surface area (Å²) in [5.41, 5.74) is 0. The van der Waals surface area contributed by atoms with Crippen molar-refractivity contribution < 1.29 is 13.2 Å². The van der Waals surface area contributed by atoms with Crippen molar-refractivity contribution in [1.29, 1.82) is 0 Å². The lowest BCUT2D eigenvalue weighted by atomic mass is 10.3. The third-order valence-electron chi connectivity index (χ3n) is 2.65. The smallest absolute Gasteiger partial charge is 0.243 e. The van der Waals surface area contributed by atoms with Gasteiger partial charge in [-0.15, -0.1) is 0 Å². The standard InChI is InChI=1S/C13H21NO3S/c1-10(2)14(11(3)4)18(15,16)13-8-6-12(17-5)7-9-13/h6-11H,1-5H3. The predicted octanol–water partition coefficient (Wildman–Crippen LogP) is 2.50. The molecule has 1 aromatic rings. The van der Waals surface area contributed by atoms with Crippen LogP contribution in [0.15, 0.2) is 29.2 Å². The van der Waals surface area contributed by atoms with E-state index in [2.05, 4.69) is 0 Å². The number of methoxy groups -OCH3 is 1. The summed E-state index contributed by atoms with van der Waals surface area (Å²) in [4.78, 5) is 0.297. The van der Waals surface area contributed by atoms with Crippen LogP contribution in [0.5, 0.6) is 5.75 Å². The number of sulfonamides is 1. The van der Waals surface area contributed by atoms with Crippen molar-refractivity contribution in [2.75, 3.05) is 7.11 Å². The SMILES string of the molecule is COc1ccc(S(=O)(=O)N(C(C)C)C(C)C)cc1. The molecule has 0 N–H and O–H groups in total. The Bertz CT molecular complexity index is 469. The van der Waals surface area contributed by atoms with Gasteiger partial charge in [0.15, 0.2) is 0 Å². The van der Waals surface area contributed by atoms with E-state index in [0.29, 0.717) is 10.6 Å². The van der Waals surface area contributed by atoms with Gasteiger partial charge in [0.05, 0.1) is 12.0 Å². The molecule has 0 heterocycles. The number of nitrogens with zero attached hydrogens (tertiary/aromatic N) is 1. The molecule has 1 rings (SSSR count). The van der Waals surface area contributed by atoms with Gasteiger partial charge in [0.1, 0.15) is 5.75 Å². The monoisotopic (exact) mass is 271 g/mol. The first kappa shape index (κ1) is 15.0. The molecule has 0 aliphatic heterocycles. The third-order valence-corrected chi connectivity index (χ3v) is 4.92. The molecule has 0 aliphatic carbocycles. The lowest BCUT2D eigenvalue weighted by Crippen LogP contribution is -2.41. The van der Waals surface area contributed by atoms with Crippen LogP contribution < -0.4 is 4.74 Å². The molecule has 0 unspecified atom stereocenters. The minimum atomic E-state index is -3.45. The Labute approximate surface area is 110 Å². The van der Waals surface area contributed by atoms with Gasteiger partial charge in [-0.3, -0.25) is 0 Å². The van der Waals surface area contributed by atoms with E-state index in [1.807, 2.05) is 27.7 Å². The summed E-state index contributed by atoms with van der Waals surface area (Å²) in [6.07, 6.45) is 0. The first-order valence-electron chi connectivity index (χ1n) is 5.98. The van der Waals surface area contributed by atoms with E-state index < -0.39 is 10.0 Å². The molecule has 0 aliphatic rings. The number of hydrogen-bond donors (Lipinski definition) is 0. The van der Waals surface area contributed by atoms with E-state index in [4.69, 9.17) is 4.74 Å². The minimum Gasteiger partial charge on any atom is -0.497 e. The number of benzene rings is 1. The Kier molecular flexibility index (Phi) is 4.76. The fourth-order valence-electron chi connectivity index (χ4n) is 2.02. The van der Waals surface area contributed by atoms with Gasteiger partial charge in [-0.1, -0.05) is 0 Å². The van der Waals surface area contributed by atoms with Crippen LogP contribution in [0.4, 0.5) is 0 Å². The summed E-state index contributed by atoms with van der Waals surface area (Å²) in [5.74, 6) is 0.648. The van der Waals surface area contributed by atoms with E-state index >= 15 is 0 Å². The summed E-state index contributed by atoms with van der Waals surface area (Å²) < 4.78 is 31.5. The van der Waals surface area contributed by atoms with Crippen LogP contribution in [-0.2, 0) is 10.0 Å². The van der Waals surface area contributed by atoms with Crippen molar-refractivity contribution in [2.45, 2.75) is 44.7 Å². The highest BCUT2D eigenvalue weighted by Gasteiger charge is 2.29. The molecule has 0 amide bonds. The number of ether oxygens (including phenoxy) is 1. The van der Waals surface area contributed by atoms with E-state index in [9.17, 15) is 8.42 Å². The van der Waals surface area contributed by atoms with Crippen molar-refractivity contribution in [2.24, 2.45) is 0 Å². The Morgan fingerprint density at radius 1 is 1.00 bits per heavy atom. The summed E-state index contributed by atoms with van der Waals surface area (Å²) >= 11 is 0. The van der Waals surface area contributed by atoms with Gasteiger partial charge in [-0.2, -0.15) is 4.31 Å². The quantitative estimate of drug-likeness (QED) is 0.826. The first-order valence-corrected chi connectivity index (χ1v) is 7.42. The highest BCUT2D eigenvalue weighted by Crippen LogP contribution is 2.22. The molecule has 0 fully saturated rings. The molecule has 0 radical (unpaired) electrons. The zero-order chi connectivity index (χ0) is 13.9. The van der Waals surface area contributed by atoms with Crippen molar-refractivity contribution in [1.82, 2.24) is 4.31 Å². The van der Waals surface area contributed by atoms with Crippen LogP contribution in [-0.4, -0.2) is 31.9 Å². The Morgan fingerprint density at radius 3 is 1.78 bits per heavy atom. The van der Waals surface area contributed by atoms with Crippen molar-refractivity contribution in [3.63, 3.8) is 0 Å². The molecule has 0 saturated heterocycles. The van der Waals surface area contributed by atoms with Crippen LogP contribution >= 0.6 is 0 Å². The van der Waals surface area contributed by atoms with E-state index in [1.54, 1.807) is 31.4 Å². The maximum absolute atomic E-state index is 12.5. The van der Waals surface area contributed by atoms with E-state index in [1.165, 1.54) is 4.31 Å². The Balaban J connectivity index is 3.18. The van der Waals surface area contributed by atoms with Gasteiger partial charge in [-0.05, 0) is 52.0 Å². The summed E-state index contributed by atoms with van der Waals surface area (Å²) in [6, 6.07) is 6.32. The molecular formula is C13H21NO3S. The highest BCUT2D eigenvalue weighted by molar-refractivity contribution is 7.89. The molecule has 4 nitrogen and oxygen atoms in total. The molecule has 0 aromatic heterocycles. The van der Waals surface area contributed by atoms with Crippen LogP contribution in [0.1, 0.15) is 27.7 Å². The molecular weight excluding hydrogens is 250 g/mol. The van der Waals surface area contributed by atoms with Crippen LogP contribution in [0.2, 0.25) is 0 Å². The fraction of sp³-hybridized carbons (Fsp3) is 0.538. The van der Waals surface area contributed by atoms with Gasteiger partial charge >= 0.3 is 0 Å². The second-order valence-corrected chi connectivity index (χ2v) is 6.54. The second kappa shape index (κ2) is 5.71. The number of hydrogen-bond acceptors (Lipinski definition) is 3. The zero-order valence-electron chi connectivity index (χ0n) is 11.5. The molecule has 5 heteroatoms. The summed E-state index contributed by atoms with van der Waals surface area (Å²) in [7, 11) is -1.89. The van der Waals surface area contributed by atoms with Gasteiger partial charge < -0.3 is 4.74 Å². The minimum absolute atomic E-state index is 0.0721. The van der Waals surface area contributed by atoms with Gasteiger partial charge in [-0.25, -0.2) is 8.42 Å². The largest absolute Gasteiger partial charge is 0.497 e. The van der Waals surface area contributed by atoms with Gasteiger partial charge in [0, 0.05) is 12.1 Å². The van der Waals surface area contributed by atoms with E-state index in [-0.39, 0.29) is 12.1 Å². The van der Waals surface area contributed by atoms with Crippen LogP contribution in [0, 0.1) is 0 Å². The Hall–Kier alpha value is -1.07. The second-order valence-electron chi connectivity index (χ2n) is 4.70. The Morgan fingerprint density at radius 2 is 1.44 bits per heavy atom. The van der Waals surface area contributed by atoms with Crippen LogP contribution in [0.3, 0.4) is 0 Å². The molecule has 0 saturated carbocycles. The molecule has 0 spiro atoms. The predicted molar refractivity (Wildman–Crippen MR) is 72.3 cm³/mol. The van der Waals surface area contributed by atoms with Gasteiger partial charge in [0.2, 0.25) is 10.0 Å². The maximum Gasteiger partial charge on any atom is 0.243 e. The molecule has 0 bridgehead atoms.